The SMILES string of the molecule is CCCCn1c(N)c(N(CC)C(=O)CN(Cc2cccs2)CC2CCCO2)c(=O)[nH]c1=O. The van der Waals surface area contributed by atoms with Gasteiger partial charge in [-0.2, -0.15) is 0 Å². The summed E-state index contributed by atoms with van der Waals surface area (Å²) in [6.07, 6.45) is 3.71. The summed E-state index contributed by atoms with van der Waals surface area (Å²) in [5.41, 5.74) is 5.08. The predicted molar refractivity (Wildman–Crippen MR) is 127 cm³/mol. The Kier molecular flexibility index (Phi) is 8.66. The number of nitrogens with two attached hydrogens (primary N) is 1. The van der Waals surface area contributed by atoms with Crippen LogP contribution < -0.4 is 21.9 Å². The van der Waals surface area contributed by atoms with Gasteiger partial charge < -0.3 is 15.4 Å². The molecule has 3 N–H and O–H groups in total. The van der Waals surface area contributed by atoms with Gasteiger partial charge in [0.05, 0.1) is 12.6 Å². The van der Waals surface area contributed by atoms with Gasteiger partial charge >= 0.3 is 5.69 Å². The average molecular weight is 464 g/mol. The molecule has 0 spiro atoms. The second kappa shape index (κ2) is 11.4. The van der Waals surface area contributed by atoms with Crippen molar-refractivity contribution in [2.24, 2.45) is 0 Å². The number of thiophene rings is 1. The third kappa shape index (κ3) is 5.87. The number of likely N-dealkylation sites (N-methyl/N-ethyl adjacent to an activating group) is 1. The Balaban J connectivity index is 1.84. The van der Waals surface area contributed by atoms with Gasteiger partial charge in [-0.25, -0.2) is 4.79 Å². The summed E-state index contributed by atoms with van der Waals surface area (Å²) in [6.45, 7) is 6.60. The van der Waals surface area contributed by atoms with E-state index in [4.69, 9.17) is 10.5 Å². The molecule has 1 aliphatic rings. The van der Waals surface area contributed by atoms with Crippen molar-refractivity contribution in [1.82, 2.24) is 14.5 Å². The standard InChI is InChI=1S/C22H33N5O4S/c1-3-5-10-27-20(23)19(21(29)24-22(27)30)26(4-2)18(28)15-25(13-16-8-6-11-31-16)14-17-9-7-12-32-17/h7,9,12,16H,3-6,8,10-11,13-15,23H2,1-2H3,(H,24,29,30). The Morgan fingerprint density at radius 3 is 2.81 bits per heavy atom. The molecule has 1 fully saturated rings. The van der Waals surface area contributed by atoms with Gasteiger partial charge in [0, 0.05) is 37.7 Å². The summed E-state index contributed by atoms with van der Waals surface area (Å²) in [6, 6.07) is 4.03. The third-order valence-corrected chi connectivity index (χ3v) is 6.50. The fourth-order valence-electron chi connectivity index (χ4n) is 4.00. The molecule has 1 aliphatic heterocycles. The molecular weight excluding hydrogens is 430 g/mol. The van der Waals surface area contributed by atoms with Gasteiger partial charge in [0.15, 0.2) is 5.69 Å². The number of rotatable bonds is 11. The van der Waals surface area contributed by atoms with E-state index in [1.54, 1.807) is 18.3 Å². The lowest BCUT2D eigenvalue weighted by Crippen LogP contribution is -2.46. The maximum absolute atomic E-state index is 13.4. The number of carbonyl (C=O) groups excluding carboxylic acids is 1. The second-order valence-electron chi connectivity index (χ2n) is 8.02. The van der Waals surface area contributed by atoms with Crippen molar-refractivity contribution in [3.8, 4) is 0 Å². The van der Waals surface area contributed by atoms with Crippen LogP contribution in [0.2, 0.25) is 0 Å². The number of anilines is 2. The molecule has 1 amide bonds. The minimum atomic E-state index is -0.639. The molecule has 0 aromatic carbocycles. The monoisotopic (exact) mass is 463 g/mol. The highest BCUT2D eigenvalue weighted by molar-refractivity contribution is 7.09. The summed E-state index contributed by atoms with van der Waals surface area (Å²) >= 11 is 1.64. The smallest absolute Gasteiger partial charge is 0.330 e. The van der Waals surface area contributed by atoms with Crippen LogP contribution in [-0.2, 0) is 22.6 Å². The number of hydrogen-bond acceptors (Lipinski definition) is 7. The maximum atomic E-state index is 13.4. The Bertz CT molecular complexity index is 995. The van der Waals surface area contributed by atoms with Gasteiger partial charge in [0.1, 0.15) is 5.82 Å². The first-order chi connectivity index (χ1) is 15.4. The molecule has 176 valence electrons. The molecule has 3 heterocycles. The van der Waals surface area contributed by atoms with Crippen LogP contribution in [0.25, 0.3) is 0 Å². The summed E-state index contributed by atoms with van der Waals surface area (Å²) in [5, 5.41) is 2.01. The molecule has 0 bridgehead atoms. The summed E-state index contributed by atoms with van der Waals surface area (Å²) in [4.78, 5) is 45.2. The summed E-state index contributed by atoms with van der Waals surface area (Å²) in [7, 11) is 0. The molecule has 2 aromatic heterocycles. The van der Waals surface area contributed by atoms with Crippen molar-refractivity contribution >= 4 is 28.7 Å². The van der Waals surface area contributed by atoms with Crippen LogP contribution in [0.4, 0.5) is 11.5 Å². The molecule has 10 heteroatoms. The third-order valence-electron chi connectivity index (χ3n) is 5.64. The van der Waals surface area contributed by atoms with Crippen molar-refractivity contribution in [2.75, 3.05) is 36.9 Å². The zero-order valence-electron chi connectivity index (χ0n) is 18.8. The highest BCUT2D eigenvalue weighted by Crippen LogP contribution is 2.20. The van der Waals surface area contributed by atoms with E-state index in [9.17, 15) is 14.4 Å². The largest absolute Gasteiger partial charge is 0.383 e. The fourth-order valence-corrected chi connectivity index (χ4v) is 4.74. The van der Waals surface area contributed by atoms with Gasteiger partial charge in [-0.05, 0) is 37.6 Å². The minimum Gasteiger partial charge on any atom is -0.383 e. The van der Waals surface area contributed by atoms with Crippen LogP contribution in [0.1, 0.15) is 44.4 Å². The minimum absolute atomic E-state index is 0.0336. The van der Waals surface area contributed by atoms with Gasteiger partial charge in [-0.1, -0.05) is 19.4 Å². The number of ether oxygens (including phenoxy) is 1. The lowest BCUT2D eigenvalue weighted by atomic mass is 10.2. The quantitative estimate of drug-likeness (QED) is 0.527. The van der Waals surface area contributed by atoms with E-state index in [2.05, 4.69) is 9.88 Å². The fraction of sp³-hybridized carbons (Fsp3) is 0.591. The van der Waals surface area contributed by atoms with Crippen molar-refractivity contribution in [1.29, 1.82) is 0 Å². The molecule has 2 aromatic rings. The highest BCUT2D eigenvalue weighted by Gasteiger charge is 2.26. The number of carbonyl (C=O) groups is 1. The number of unbranched alkanes of at least 4 members (excludes halogenated alkanes) is 1. The zero-order chi connectivity index (χ0) is 23.1. The van der Waals surface area contributed by atoms with E-state index in [0.29, 0.717) is 19.6 Å². The van der Waals surface area contributed by atoms with Crippen LogP contribution in [-0.4, -0.2) is 52.7 Å². The Morgan fingerprint density at radius 2 is 2.19 bits per heavy atom. The summed E-state index contributed by atoms with van der Waals surface area (Å²) < 4.78 is 7.12. The van der Waals surface area contributed by atoms with E-state index < -0.39 is 11.2 Å². The van der Waals surface area contributed by atoms with Crippen molar-refractivity contribution in [3.63, 3.8) is 0 Å². The van der Waals surface area contributed by atoms with Crippen molar-refractivity contribution < 1.29 is 9.53 Å². The van der Waals surface area contributed by atoms with Crippen molar-refractivity contribution in [2.45, 2.75) is 58.7 Å². The van der Waals surface area contributed by atoms with Gasteiger partial charge in [0.25, 0.3) is 5.56 Å². The van der Waals surface area contributed by atoms with E-state index in [1.165, 1.54) is 9.47 Å². The first kappa shape index (κ1) is 24.2. The molecule has 1 unspecified atom stereocenters. The lowest BCUT2D eigenvalue weighted by Gasteiger charge is -2.28. The number of nitrogens with zero attached hydrogens (tertiary/aromatic N) is 3. The molecule has 0 aliphatic carbocycles. The molecule has 9 nitrogen and oxygen atoms in total. The Labute approximate surface area is 191 Å². The first-order valence-electron chi connectivity index (χ1n) is 11.2. The number of H-pyrrole nitrogens is 1. The zero-order valence-corrected chi connectivity index (χ0v) is 19.7. The van der Waals surface area contributed by atoms with Crippen LogP contribution in [0, 0.1) is 0 Å². The lowest BCUT2D eigenvalue weighted by molar-refractivity contribution is -0.120. The molecule has 0 radical (unpaired) electrons. The Morgan fingerprint density at radius 1 is 1.38 bits per heavy atom. The number of nitrogens with one attached hydrogen (secondary N) is 1. The van der Waals surface area contributed by atoms with Crippen LogP contribution in [0.15, 0.2) is 27.1 Å². The van der Waals surface area contributed by atoms with E-state index in [-0.39, 0.29) is 36.6 Å². The predicted octanol–water partition coefficient (Wildman–Crippen LogP) is 2.01. The van der Waals surface area contributed by atoms with Gasteiger partial charge in [-0.3, -0.25) is 24.0 Å². The first-order valence-corrected chi connectivity index (χ1v) is 12.1. The van der Waals surface area contributed by atoms with Crippen molar-refractivity contribution in [3.05, 3.63) is 43.2 Å². The number of hydrogen-bond donors (Lipinski definition) is 2. The molecule has 3 rings (SSSR count). The molecular formula is C22H33N5O4S. The summed E-state index contributed by atoms with van der Waals surface area (Å²) in [5.74, 6) is -0.203. The normalized spacial score (nSPS) is 16.0. The van der Waals surface area contributed by atoms with Crippen LogP contribution >= 0.6 is 11.3 Å². The number of aromatic amines is 1. The van der Waals surface area contributed by atoms with Crippen LogP contribution in [0.5, 0.6) is 0 Å². The molecule has 1 atom stereocenters. The topological polar surface area (TPSA) is 114 Å². The number of aromatic nitrogens is 2. The second-order valence-corrected chi connectivity index (χ2v) is 9.05. The maximum Gasteiger partial charge on any atom is 0.330 e. The van der Waals surface area contributed by atoms with E-state index in [0.717, 1.165) is 37.2 Å². The highest BCUT2D eigenvalue weighted by atomic mass is 32.1. The van der Waals surface area contributed by atoms with Gasteiger partial charge in [-0.15, -0.1) is 11.3 Å². The number of amides is 1. The van der Waals surface area contributed by atoms with E-state index in [1.807, 2.05) is 24.4 Å². The van der Waals surface area contributed by atoms with E-state index >= 15 is 0 Å². The average Bonchev–Trinajstić information content (AvgIpc) is 3.45. The Hall–Kier alpha value is -2.43. The molecule has 0 saturated carbocycles. The molecule has 1 saturated heterocycles. The molecule has 32 heavy (non-hydrogen) atoms. The van der Waals surface area contributed by atoms with Crippen LogP contribution in [0.3, 0.4) is 0 Å². The van der Waals surface area contributed by atoms with Gasteiger partial charge in [0.2, 0.25) is 5.91 Å². The number of nitrogen functional groups attached to an aromatic ring is 1.